The number of rotatable bonds is 5. The third kappa shape index (κ3) is 3.58. The van der Waals surface area contributed by atoms with Gasteiger partial charge >= 0.3 is 0 Å². The van der Waals surface area contributed by atoms with E-state index in [0.29, 0.717) is 18.7 Å². The van der Waals surface area contributed by atoms with Gasteiger partial charge in [0.2, 0.25) is 10.0 Å². The Bertz CT molecular complexity index is 538. The van der Waals surface area contributed by atoms with E-state index in [1.165, 1.54) is 10.4 Å². The van der Waals surface area contributed by atoms with Gasteiger partial charge in [-0.05, 0) is 37.0 Å². The Hall–Kier alpha value is -0.950. The van der Waals surface area contributed by atoms with Gasteiger partial charge in [0.05, 0.1) is 17.6 Å². The zero-order valence-corrected chi connectivity index (χ0v) is 12.5. The molecule has 2 rings (SSSR count). The smallest absolute Gasteiger partial charge is 0.242 e. The van der Waals surface area contributed by atoms with Crippen molar-refractivity contribution in [3.8, 4) is 0 Å². The summed E-state index contributed by atoms with van der Waals surface area (Å²) in [5.74, 6) is 0. The molecule has 1 aliphatic heterocycles. The molecule has 0 aromatic heterocycles. The Morgan fingerprint density at radius 2 is 2.20 bits per heavy atom. The Labute approximate surface area is 120 Å². The number of ether oxygens (including phenoxy) is 1. The van der Waals surface area contributed by atoms with Crippen LogP contribution in [0, 0.1) is 0 Å². The average Bonchev–Trinajstić information content (AvgIpc) is 2.48. The highest BCUT2D eigenvalue weighted by atomic mass is 32.2. The van der Waals surface area contributed by atoms with Crippen molar-refractivity contribution >= 4 is 10.0 Å². The molecular formula is C14H21NO4S. The van der Waals surface area contributed by atoms with Crippen LogP contribution in [0.3, 0.4) is 0 Å². The number of hydrogen-bond acceptors (Lipinski definition) is 4. The molecule has 1 aliphatic rings. The number of benzene rings is 1. The van der Waals surface area contributed by atoms with Crippen LogP contribution in [-0.4, -0.2) is 44.1 Å². The van der Waals surface area contributed by atoms with Crippen molar-refractivity contribution in [1.29, 1.82) is 0 Å². The van der Waals surface area contributed by atoms with Crippen LogP contribution in [0.25, 0.3) is 0 Å². The van der Waals surface area contributed by atoms with Crippen molar-refractivity contribution < 1.29 is 18.3 Å². The van der Waals surface area contributed by atoms with Crippen molar-refractivity contribution in [3.05, 3.63) is 29.8 Å². The van der Waals surface area contributed by atoms with Crippen molar-refractivity contribution in [2.45, 2.75) is 36.9 Å². The average molecular weight is 299 g/mol. The molecule has 1 fully saturated rings. The van der Waals surface area contributed by atoms with Crippen molar-refractivity contribution in [2.75, 3.05) is 20.2 Å². The molecule has 0 bridgehead atoms. The number of aliphatic hydroxyl groups is 1. The summed E-state index contributed by atoms with van der Waals surface area (Å²) < 4.78 is 31.8. The maximum Gasteiger partial charge on any atom is 0.242 e. The summed E-state index contributed by atoms with van der Waals surface area (Å²) in [7, 11) is -1.96. The Kier molecular flexibility index (Phi) is 5.15. The van der Waals surface area contributed by atoms with Crippen LogP contribution in [0.1, 0.15) is 24.8 Å². The van der Waals surface area contributed by atoms with Gasteiger partial charge in [-0.2, -0.15) is 4.31 Å². The van der Waals surface area contributed by atoms with E-state index < -0.39 is 10.0 Å². The van der Waals surface area contributed by atoms with E-state index in [4.69, 9.17) is 9.84 Å². The maximum absolute atomic E-state index is 12.5. The lowest BCUT2D eigenvalue weighted by molar-refractivity contribution is 0.00858. The van der Waals surface area contributed by atoms with Gasteiger partial charge in [0, 0.05) is 20.2 Å². The second-order valence-corrected chi connectivity index (χ2v) is 7.12. The van der Waals surface area contributed by atoms with Gasteiger partial charge in [-0.1, -0.05) is 12.1 Å². The number of sulfonamides is 1. The first-order chi connectivity index (χ1) is 9.54. The molecular weight excluding hydrogens is 278 g/mol. The SMILES string of the molecule is CN(CC1CCCCO1)S(=O)(=O)c1cccc(CO)c1. The minimum atomic E-state index is -3.53. The van der Waals surface area contributed by atoms with E-state index in [-0.39, 0.29) is 17.6 Å². The Morgan fingerprint density at radius 3 is 2.85 bits per heavy atom. The molecule has 0 saturated carbocycles. The van der Waals surface area contributed by atoms with Crippen LogP contribution in [0.15, 0.2) is 29.2 Å². The summed E-state index contributed by atoms with van der Waals surface area (Å²) in [5, 5.41) is 9.10. The van der Waals surface area contributed by atoms with Crippen molar-refractivity contribution in [2.24, 2.45) is 0 Å². The third-order valence-corrected chi connectivity index (χ3v) is 5.34. The summed E-state index contributed by atoms with van der Waals surface area (Å²) in [6.45, 7) is 0.906. The number of likely N-dealkylation sites (N-methyl/N-ethyl adjacent to an activating group) is 1. The van der Waals surface area contributed by atoms with Crippen LogP contribution < -0.4 is 0 Å². The van der Waals surface area contributed by atoms with Crippen LogP contribution >= 0.6 is 0 Å². The van der Waals surface area contributed by atoms with Crippen LogP contribution in [0.4, 0.5) is 0 Å². The van der Waals surface area contributed by atoms with E-state index in [1.807, 2.05) is 0 Å². The second kappa shape index (κ2) is 6.67. The molecule has 1 aromatic carbocycles. The lowest BCUT2D eigenvalue weighted by Crippen LogP contribution is -2.37. The molecule has 6 heteroatoms. The maximum atomic E-state index is 12.5. The Balaban J connectivity index is 2.11. The summed E-state index contributed by atoms with van der Waals surface area (Å²) in [5.41, 5.74) is 0.591. The quantitative estimate of drug-likeness (QED) is 0.891. The van der Waals surface area contributed by atoms with Gasteiger partial charge in [-0.25, -0.2) is 8.42 Å². The van der Waals surface area contributed by atoms with Gasteiger partial charge < -0.3 is 9.84 Å². The molecule has 1 heterocycles. The molecule has 0 radical (unpaired) electrons. The summed E-state index contributed by atoms with van der Waals surface area (Å²) in [6.07, 6.45) is 3.00. The van der Waals surface area contributed by atoms with Gasteiger partial charge in [-0.3, -0.25) is 0 Å². The first kappa shape index (κ1) is 15.4. The zero-order valence-electron chi connectivity index (χ0n) is 11.7. The van der Waals surface area contributed by atoms with E-state index >= 15 is 0 Å². The summed E-state index contributed by atoms with van der Waals surface area (Å²) in [4.78, 5) is 0.211. The minimum Gasteiger partial charge on any atom is -0.392 e. The van der Waals surface area contributed by atoms with E-state index in [9.17, 15) is 8.42 Å². The number of aliphatic hydroxyl groups excluding tert-OH is 1. The summed E-state index contributed by atoms with van der Waals surface area (Å²) >= 11 is 0. The van der Waals surface area contributed by atoms with E-state index in [1.54, 1.807) is 25.2 Å². The van der Waals surface area contributed by atoms with Crippen LogP contribution in [0.2, 0.25) is 0 Å². The van der Waals surface area contributed by atoms with Gasteiger partial charge in [0.15, 0.2) is 0 Å². The first-order valence-corrected chi connectivity index (χ1v) is 8.26. The minimum absolute atomic E-state index is 0.0236. The number of nitrogens with zero attached hydrogens (tertiary/aromatic N) is 1. The fraction of sp³-hybridized carbons (Fsp3) is 0.571. The molecule has 0 aliphatic carbocycles. The van der Waals surface area contributed by atoms with Crippen molar-refractivity contribution in [1.82, 2.24) is 4.31 Å². The zero-order chi connectivity index (χ0) is 14.6. The highest BCUT2D eigenvalue weighted by Gasteiger charge is 2.25. The highest BCUT2D eigenvalue weighted by Crippen LogP contribution is 2.19. The topological polar surface area (TPSA) is 66.8 Å². The standard InChI is InChI=1S/C14H21NO4S/c1-15(10-13-6-2-3-8-19-13)20(17,18)14-7-4-5-12(9-14)11-16/h4-5,7,9,13,16H,2-3,6,8,10-11H2,1H3. The van der Waals surface area contributed by atoms with Gasteiger partial charge in [0.1, 0.15) is 0 Å². The molecule has 1 atom stereocenters. The molecule has 1 aromatic rings. The molecule has 0 amide bonds. The molecule has 1 saturated heterocycles. The lowest BCUT2D eigenvalue weighted by Gasteiger charge is -2.27. The normalized spacial score (nSPS) is 20.2. The highest BCUT2D eigenvalue weighted by molar-refractivity contribution is 7.89. The van der Waals surface area contributed by atoms with Crippen LogP contribution in [0.5, 0.6) is 0 Å². The van der Waals surface area contributed by atoms with E-state index in [2.05, 4.69) is 0 Å². The van der Waals surface area contributed by atoms with Gasteiger partial charge in [0.25, 0.3) is 0 Å². The molecule has 1 N–H and O–H groups in total. The lowest BCUT2D eigenvalue weighted by atomic mass is 10.1. The predicted octanol–water partition coefficient (Wildman–Crippen LogP) is 1.37. The fourth-order valence-corrected chi connectivity index (χ4v) is 3.59. The summed E-state index contributed by atoms with van der Waals surface area (Å²) in [6, 6.07) is 6.40. The van der Waals surface area contributed by atoms with Crippen LogP contribution in [-0.2, 0) is 21.4 Å². The van der Waals surface area contributed by atoms with E-state index in [0.717, 1.165) is 19.3 Å². The molecule has 20 heavy (non-hydrogen) atoms. The van der Waals surface area contributed by atoms with Gasteiger partial charge in [-0.15, -0.1) is 0 Å². The monoisotopic (exact) mass is 299 g/mol. The largest absolute Gasteiger partial charge is 0.392 e. The predicted molar refractivity (Wildman–Crippen MR) is 75.8 cm³/mol. The van der Waals surface area contributed by atoms with Crippen molar-refractivity contribution in [3.63, 3.8) is 0 Å². The molecule has 5 nitrogen and oxygen atoms in total. The Morgan fingerprint density at radius 1 is 1.40 bits per heavy atom. The molecule has 1 unspecified atom stereocenters. The first-order valence-electron chi connectivity index (χ1n) is 6.82. The third-order valence-electron chi connectivity index (χ3n) is 3.52. The molecule has 0 spiro atoms. The number of hydrogen-bond donors (Lipinski definition) is 1. The molecule has 112 valence electrons. The second-order valence-electron chi connectivity index (χ2n) is 5.08. The fourth-order valence-electron chi connectivity index (χ4n) is 2.32.